The maximum Gasteiger partial charge on any atom is 0.317 e. The molecule has 2 saturated carbocycles. The second-order valence-electron chi connectivity index (χ2n) is 12.5. The molecule has 1 saturated heterocycles. The number of carboxylic acid groups (broad SMARTS) is 1. The number of carbonyl (C=O) groups is 2. The van der Waals surface area contributed by atoms with E-state index in [0.717, 1.165) is 17.6 Å². The van der Waals surface area contributed by atoms with Crippen molar-refractivity contribution in [3.63, 3.8) is 0 Å². The lowest BCUT2D eigenvalue weighted by Crippen LogP contribution is -2.61. The lowest BCUT2D eigenvalue weighted by atomic mass is 9.46. The molecule has 0 aromatic carbocycles. The number of carbonyl (C=O) groups excluding carboxylic acids is 1. The Balaban J connectivity index is 1.79. The second-order valence-corrected chi connectivity index (χ2v) is 12.5. The Hall–Kier alpha value is -1.86. The van der Waals surface area contributed by atoms with Crippen LogP contribution in [0.2, 0.25) is 0 Å². The van der Waals surface area contributed by atoms with Crippen molar-refractivity contribution in [2.45, 2.75) is 109 Å². The average Bonchev–Trinajstić information content (AvgIpc) is 2.87. The molecular weight excluding hydrogens is 524 g/mol. The van der Waals surface area contributed by atoms with E-state index in [2.05, 4.69) is 13.5 Å². The van der Waals surface area contributed by atoms with E-state index in [1.165, 1.54) is 0 Å². The van der Waals surface area contributed by atoms with Crippen molar-refractivity contribution in [1.29, 1.82) is 0 Å². The summed E-state index contributed by atoms with van der Waals surface area (Å²) in [7, 11) is 0. The molecule has 0 amide bonds. The Morgan fingerprint density at radius 1 is 1.12 bits per heavy atom. The summed E-state index contributed by atoms with van der Waals surface area (Å²) in [4.78, 5) is 22.2. The van der Waals surface area contributed by atoms with Crippen LogP contribution in [0, 0.1) is 22.7 Å². The van der Waals surface area contributed by atoms with Crippen molar-refractivity contribution in [3.05, 3.63) is 23.8 Å². The van der Waals surface area contributed by atoms with Gasteiger partial charge in [0.2, 0.25) is 0 Å². The van der Waals surface area contributed by atoms with Gasteiger partial charge in [-0.1, -0.05) is 32.9 Å². The van der Waals surface area contributed by atoms with Gasteiger partial charge in [-0.25, -0.2) is 0 Å². The molecule has 0 unspecified atom stereocenters. The monoisotopic (exact) mass is 570 g/mol. The number of carboxylic acids is 1. The van der Waals surface area contributed by atoms with E-state index in [4.69, 9.17) is 19.3 Å². The molecular formula is C29H46O11. The van der Waals surface area contributed by atoms with Crippen molar-refractivity contribution < 1.29 is 54.4 Å². The number of ether oxygens (including phenoxy) is 3. The molecule has 3 rings (SSSR count). The fourth-order valence-electron chi connectivity index (χ4n) is 7.00. The maximum absolute atomic E-state index is 11.5. The summed E-state index contributed by atoms with van der Waals surface area (Å²) >= 11 is 0. The summed E-state index contributed by atoms with van der Waals surface area (Å²) in [6.07, 6.45) is -3.68. The van der Waals surface area contributed by atoms with E-state index in [1.54, 1.807) is 6.08 Å². The molecule has 2 aliphatic carbocycles. The highest BCUT2D eigenvalue weighted by molar-refractivity contribution is 5.90. The van der Waals surface area contributed by atoms with Crippen LogP contribution in [0.5, 0.6) is 0 Å². The number of hydrogen-bond acceptors (Lipinski definition) is 10. The van der Waals surface area contributed by atoms with Crippen LogP contribution in [0.4, 0.5) is 0 Å². The Labute approximate surface area is 235 Å². The summed E-state index contributed by atoms with van der Waals surface area (Å²) in [5, 5.41) is 60.2. The van der Waals surface area contributed by atoms with E-state index in [9.17, 15) is 35.1 Å². The number of aliphatic hydroxyl groups is 5. The Bertz CT molecular complexity index is 960. The third-order valence-electron chi connectivity index (χ3n) is 9.56. The van der Waals surface area contributed by atoms with Gasteiger partial charge in [0.15, 0.2) is 6.29 Å². The van der Waals surface area contributed by atoms with Crippen molar-refractivity contribution in [2.75, 3.05) is 13.2 Å². The molecule has 40 heavy (non-hydrogen) atoms. The molecule has 1 aliphatic heterocycles. The van der Waals surface area contributed by atoms with Crippen LogP contribution in [-0.4, -0.2) is 98.7 Å². The molecule has 3 aliphatic rings. The van der Waals surface area contributed by atoms with Crippen molar-refractivity contribution >= 4 is 11.9 Å². The number of aliphatic carboxylic acids is 1. The van der Waals surface area contributed by atoms with Gasteiger partial charge in [0, 0.05) is 0 Å². The molecule has 1 heterocycles. The van der Waals surface area contributed by atoms with Crippen LogP contribution >= 0.6 is 0 Å². The molecule has 0 bridgehead atoms. The SMILES string of the molecule is C=C1[C@@H](O[C@H]2O[C@@H](CO)[C@H](O)[C@@H](O)[C@@H]2O)C[C@@H]2C(C)(C)[C@@H](O)CC[C@]2(C)[C@@H]1CC/C(C)=C\COC(=O)CC(=O)O. The summed E-state index contributed by atoms with van der Waals surface area (Å²) < 4.78 is 16.8. The maximum atomic E-state index is 11.5. The minimum absolute atomic E-state index is 0.0223. The number of allylic oxidation sites excluding steroid dienone is 1. The smallest absolute Gasteiger partial charge is 0.317 e. The molecule has 228 valence electrons. The lowest BCUT2D eigenvalue weighted by Gasteiger charge is -2.61. The van der Waals surface area contributed by atoms with Gasteiger partial charge >= 0.3 is 11.9 Å². The first-order valence-electron chi connectivity index (χ1n) is 14.0. The van der Waals surface area contributed by atoms with E-state index in [1.807, 2.05) is 20.8 Å². The van der Waals surface area contributed by atoms with Crippen molar-refractivity contribution in [1.82, 2.24) is 0 Å². The zero-order valence-electron chi connectivity index (χ0n) is 23.9. The third-order valence-corrected chi connectivity index (χ3v) is 9.56. The first-order valence-corrected chi connectivity index (χ1v) is 14.0. The summed E-state index contributed by atoms with van der Waals surface area (Å²) in [6.45, 7) is 12.0. The highest BCUT2D eigenvalue weighted by Crippen LogP contribution is 2.62. The largest absolute Gasteiger partial charge is 0.481 e. The summed E-state index contributed by atoms with van der Waals surface area (Å²) in [5.41, 5.74) is 1.13. The van der Waals surface area contributed by atoms with E-state index >= 15 is 0 Å². The third kappa shape index (κ3) is 6.78. The van der Waals surface area contributed by atoms with Crippen LogP contribution in [0.25, 0.3) is 0 Å². The fraction of sp³-hybridized carbons (Fsp3) is 0.793. The van der Waals surface area contributed by atoms with E-state index in [0.29, 0.717) is 25.7 Å². The van der Waals surface area contributed by atoms with E-state index in [-0.39, 0.29) is 23.9 Å². The standard InChI is InChI=1S/C29H46O11/c1-15(9-11-38-23(34)13-22(32)33)6-7-17-16(2)18(12-20-28(3,4)21(31)8-10-29(17,20)5)39-27-26(37)25(36)24(35)19(14-30)40-27/h9,17-21,24-27,30-31,35-37H,2,6-8,10-14H2,1,3-5H3,(H,32,33)/b15-9-/t17-,18+,19+,20-,21+,24+,25-,26+,27+,29-/m1/s1. The van der Waals surface area contributed by atoms with Gasteiger partial charge < -0.3 is 44.8 Å². The molecule has 10 atom stereocenters. The zero-order valence-corrected chi connectivity index (χ0v) is 23.9. The Morgan fingerprint density at radius 2 is 1.80 bits per heavy atom. The normalized spacial score (nSPS) is 39.9. The van der Waals surface area contributed by atoms with Crippen LogP contribution in [0.1, 0.15) is 66.2 Å². The number of fused-ring (bicyclic) bond motifs is 1. The van der Waals surface area contributed by atoms with E-state index < -0.39 is 73.3 Å². The van der Waals surface area contributed by atoms with Crippen molar-refractivity contribution in [2.24, 2.45) is 22.7 Å². The quantitative estimate of drug-likeness (QED) is 0.0963. The molecule has 0 aromatic rings. The Morgan fingerprint density at radius 3 is 2.42 bits per heavy atom. The minimum Gasteiger partial charge on any atom is -0.481 e. The average molecular weight is 571 g/mol. The highest BCUT2D eigenvalue weighted by atomic mass is 16.7. The molecule has 11 heteroatoms. The van der Waals surface area contributed by atoms with Gasteiger partial charge in [0.1, 0.15) is 37.4 Å². The molecule has 6 N–H and O–H groups in total. The van der Waals surface area contributed by atoms with Crippen molar-refractivity contribution in [3.8, 4) is 0 Å². The molecule has 0 spiro atoms. The van der Waals surface area contributed by atoms with Crippen LogP contribution in [0.3, 0.4) is 0 Å². The molecule has 3 fully saturated rings. The molecule has 0 aromatic heterocycles. The van der Waals surface area contributed by atoms with Gasteiger partial charge in [-0.3, -0.25) is 9.59 Å². The van der Waals surface area contributed by atoms with Crippen LogP contribution < -0.4 is 0 Å². The number of aliphatic hydroxyl groups excluding tert-OH is 5. The first kappa shape index (κ1) is 32.7. The van der Waals surface area contributed by atoms with Gasteiger partial charge in [0.25, 0.3) is 0 Å². The van der Waals surface area contributed by atoms with Gasteiger partial charge in [-0.2, -0.15) is 0 Å². The molecule has 11 nitrogen and oxygen atoms in total. The van der Waals surface area contributed by atoms with Gasteiger partial charge in [0.05, 0.1) is 18.8 Å². The van der Waals surface area contributed by atoms with Crippen LogP contribution in [0.15, 0.2) is 23.8 Å². The minimum atomic E-state index is -1.56. The van der Waals surface area contributed by atoms with Gasteiger partial charge in [-0.15, -0.1) is 0 Å². The highest BCUT2D eigenvalue weighted by Gasteiger charge is 2.58. The summed E-state index contributed by atoms with van der Waals surface area (Å²) in [5.74, 6) is -2.06. The fourth-order valence-corrected chi connectivity index (χ4v) is 7.00. The summed E-state index contributed by atoms with van der Waals surface area (Å²) in [6, 6.07) is 0. The first-order chi connectivity index (χ1) is 18.6. The topological polar surface area (TPSA) is 183 Å². The number of hydrogen-bond donors (Lipinski definition) is 6. The number of rotatable bonds is 10. The number of esters is 1. The predicted molar refractivity (Wildman–Crippen MR) is 143 cm³/mol. The second kappa shape index (κ2) is 13.0. The molecule has 0 radical (unpaired) electrons. The predicted octanol–water partition coefficient (Wildman–Crippen LogP) is 1.30. The van der Waals surface area contributed by atoms with Gasteiger partial charge in [-0.05, 0) is 73.3 Å². The lowest BCUT2D eigenvalue weighted by molar-refractivity contribution is -0.313. The Kier molecular flexibility index (Phi) is 10.6. The zero-order chi connectivity index (χ0) is 30.0. The van der Waals surface area contributed by atoms with Crippen LogP contribution in [-0.2, 0) is 23.8 Å².